The number of amides is 1. The fourth-order valence-corrected chi connectivity index (χ4v) is 3.93. The number of carbonyl (C=O) groups is 1. The average molecular weight is 281 g/mol. The third kappa shape index (κ3) is 3.34. The van der Waals surface area contributed by atoms with Crippen molar-refractivity contribution in [2.45, 2.75) is 52.0 Å². The molecule has 4 nitrogen and oxygen atoms in total. The van der Waals surface area contributed by atoms with Gasteiger partial charge < -0.3 is 15.1 Å². The molecule has 2 aliphatic heterocycles. The zero-order chi connectivity index (χ0) is 14.6. The maximum absolute atomic E-state index is 13.2. The van der Waals surface area contributed by atoms with Crippen molar-refractivity contribution in [3.63, 3.8) is 0 Å². The Morgan fingerprint density at radius 1 is 1.35 bits per heavy atom. The van der Waals surface area contributed by atoms with Crippen molar-refractivity contribution < 1.29 is 4.79 Å². The Hall–Kier alpha value is -0.610. The number of nitrogens with zero attached hydrogens (tertiary/aromatic N) is 2. The predicted molar refractivity (Wildman–Crippen MR) is 82.7 cm³/mol. The second-order valence-electron chi connectivity index (χ2n) is 6.77. The van der Waals surface area contributed by atoms with E-state index < -0.39 is 0 Å². The Kier molecular flexibility index (Phi) is 5.44. The van der Waals surface area contributed by atoms with Gasteiger partial charge in [-0.3, -0.25) is 4.79 Å². The van der Waals surface area contributed by atoms with Crippen molar-refractivity contribution in [1.82, 2.24) is 15.1 Å². The Morgan fingerprint density at radius 2 is 2.15 bits per heavy atom. The number of rotatable bonds is 3. The van der Waals surface area contributed by atoms with Gasteiger partial charge in [0, 0.05) is 25.7 Å². The Labute approximate surface area is 123 Å². The van der Waals surface area contributed by atoms with Gasteiger partial charge in [-0.2, -0.15) is 0 Å². The van der Waals surface area contributed by atoms with Gasteiger partial charge in [0.1, 0.15) is 0 Å². The second-order valence-corrected chi connectivity index (χ2v) is 6.77. The molecular formula is C16H31N3O. The first-order chi connectivity index (χ1) is 9.59. The molecule has 1 N–H and O–H groups in total. The van der Waals surface area contributed by atoms with Gasteiger partial charge in [0.25, 0.3) is 0 Å². The van der Waals surface area contributed by atoms with E-state index in [2.05, 4.69) is 36.0 Å². The summed E-state index contributed by atoms with van der Waals surface area (Å²) in [5, 5.41) is 3.46. The van der Waals surface area contributed by atoms with Crippen LogP contribution < -0.4 is 5.32 Å². The van der Waals surface area contributed by atoms with Gasteiger partial charge in [-0.25, -0.2) is 0 Å². The van der Waals surface area contributed by atoms with E-state index in [0.717, 1.165) is 64.8 Å². The van der Waals surface area contributed by atoms with E-state index in [1.807, 2.05) is 0 Å². The van der Waals surface area contributed by atoms with Crippen LogP contribution in [0.5, 0.6) is 0 Å². The average Bonchev–Trinajstić information content (AvgIpc) is 2.60. The van der Waals surface area contributed by atoms with E-state index in [-0.39, 0.29) is 5.41 Å². The Bertz CT molecular complexity index is 320. The van der Waals surface area contributed by atoms with Crippen LogP contribution in [0.1, 0.15) is 46.0 Å². The van der Waals surface area contributed by atoms with Crippen LogP contribution in [0.15, 0.2) is 0 Å². The molecule has 2 heterocycles. The largest absolute Gasteiger partial charge is 0.338 e. The first-order valence-electron chi connectivity index (χ1n) is 8.29. The Morgan fingerprint density at radius 3 is 2.80 bits per heavy atom. The molecule has 116 valence electrons. The zero-order valence-corrected chi connectivity index (χ0v) is 13.5. The lowest BCUT2D eigenvalue weighted by atomic mass is 9.75. The highest BCUT2D eigenvalue weighted by Crippen LogP contribution is 2.34. The molecule has 0 saturated carbocycles. The van der Waals surface area contributed by atoms with E-state index in [4.69, 9.17) is 0 Å². The van der Waals surface area contributed by atoms with Gasteiger partial charge in [-0.1, -0.05) is 13.3 Å². The number of hydrogen-bond acceptors (Lipinski definition) is 3. The Balaban J connectivity index is 2.13. The van der Waals surface area contributed by atoms with Gasteiger partial charge in [0.15, 0.2) is 0 Å². The molecular weight excluding hydrogens is 250 g/mol. The molecule has 2 atom stereocenters. The summed E-state index contributed by atoms with van der Waals surface area (Å²) in [7, 11) is 2.16. The molecule has 0 aromatic heterocycles. The summed E-state index contributed by atoms with van der Waals surface area (Å²) >= 11 is 0. The molecule has 0 aromatic carbocycles. The van der Waals surface area contributed by atoms with Crippen LogP contribution in [0, 0.1) is 5.41 Å². The van der Waals surface area contributed by atoms with E-state index >= 15 is 0 Å². The molecule has 0 bridgehead atoms. The quantitative estimate of drug-likeness (QED) is 0.855. The van der Waals surface area contributed by atoms with E-state index in [0.29, 0.717) is 11.9 Å². The van der Waals surface area contributed by atoms with E-state index in [1.54, 1.807) is 0 Å². The molecule has 1 amide bonds. The number of piperidine rings is 1. The fraction of sp³-hybridized carbons (Fsp3) is 0.938. The third-order valence-electron chi connectivity index (χ3n) is 4.96. The second kappa shape index (κ2) is 6.90. The van der Waals surface area contributed by atoms with Gasteiger partial charge >= 0.3 is 0 Å². The van der Waals surface area contributed by atoms with Crippen LogP contribution in [0.2, 0.25) is 0 Å². The predicted octanol–water partition coefficient (Wildman–Crippen LogP) is 1.71. The molecule has 2 unspecified atom stereocenters. The minimum absolute atomic E-state index is 0.135. The van der Waals surface area contributed by atoms with Crippen LogP contribution in [0.25, 0.3) is 0 Å². The highest BCUT2D eigenvalue weighted by Gasteiger charge is 2.42. The molecule has 0 aromatic rings. The summed E-state index contributed by atoms with van der Waals surface area (Å²) in [5.74, 6) is 0.411. The smallest absolute Gasteiger partial charge is 0.230 e. The van der Waals surface area contributed by atoms with Crippen molar-refractivity contribution in [1.29, 1.82) is 0 Å². The first kappa shape index (κ1) is 15.8. The molecule has 2 rings (SSSR count). The lowest BCUT2D eigenvalue weighted by Crippen LogP contribution is -2.54. The molecule has 4 heteroatoms. The molecule has 0 radical (unpaired) electrons. The summed E-state index contributed by atoms with van der Waals surface area (Å²) in [6.45, 7) is 9.37. The zero-order valence-electron chi connectivity index (χ0n) is 13.5. The lowest BCUT2D eigenvalue weighted by Gasteiger charge is -2.42. The monoisotopic (exact) mass is 281 g/mol. The summed E-state index contributed by atoms with van der Waals surface area (Å²) in [4.78, 5) is 17.7. The van der Waals surface area contributed by atoms with Crippen LogP contribution in [-0.2, 0) is 4.79 Å². The van der Waals surface area contributed by atoms with Crippen LogP contribution in [0.4, 0.5) is 0 Å². The highest BCUT2D eigenvalue weighted by molar-refractivity contribution is 5.83. The summed E-state index contributed by atoms with van der Waals surface area (Å²) < 4.78 is 0. The van der Waals surface area contributed by atoms with Gasteiger partial charge in [-0.15, -0.1) is 0 Å². The number of likely N-dealkylation sites (N-methyl/N-ethyl adjacent to an activating group) is 1. The molecule has 20 heavy (non-hydrogen) atoms. The maximum Gasteiger partial charge on any atom is 0.230 e. The fourth-order valence-electron chi connectivity index (χ4n) is 3.93. The number of nitrogens with one attached hydrogen (secondary N) is 1. The highest BCUT2D eigenvalue weighted by atomic mass is 16.2. The summed E-state index contributed by atoms with van der Waals surface area (Å²) in [6.07, 6.45) is 5.41. The summed E-state index contributed by atoms with van der Waals surface area (Å²) in [5.41, 5.74) is -0.135. The third-order valence-corrected chi connectivity index (χ3v) is 4.96. The minimum atomic E-state index is -0.135. The van der Waals surface area contributed by atoms with Gasteiger partial charge in [-0.05, 0) is 52.7 Å². The molecule has 2 aliphatic rings. The van der Waals surface area contributed by atoms with Gasteiger partial charge in [0.2, 0.25) is 5.91 Å². The molecule has 0 aliphatic carbocycles. The number of hydrogen-bond donors (Lipinski definition) is 1. The molecule has 2 fully saturated rings. The SMILES string of the molecule is CCCC1(C(=O)N2CCCN(C)CC2C)CCCNC1. The topological polar surface area (TPSA) is 35.6 Å². The molecule has 2 saturated heterocycles. The van der Waals surface area contributed by atoms with Gasteiger partial charge in [0.05, 0.1) is 5.41 Å². The van der Waals surface area contributed by atoms with Crippen LogP contribution in [-0.4, -0.2) is 61.5 Å². The van der Waals surface area contributed by atoms with Crippen LogP contribution in [0.3, 0.4) is 0 Å². The van der Waals surface area contributed by atoms with Crippen molar-refractivity contribution >= 4 is 5.91 Å². The minimum Gasteiger partial charge on any atom is -0.338 e. The van der Waals surface area contributed by atoms with Crippen molar-refractivity contribution in [3.8, 4) is 0 Å². The van der Waals surface area contributed by atoms with Crippen molar-refractivity contribution in [3.05, 3.63) is 0 Å². The standard InChI is InChI=1S/C16H31N3O/c1-4-7-16(8-5-9-17-13-16)15(20)19-11-6-10-18(3)12-14(19)2/h14,17H,4-13H2,1-3H3. The van der Waals surface area contributed by atoms with Crippen molar-refractivity contribution in [2.75, 3.05) is 39.8 Å². The first-order valence-corrected chi connectivity index (χ1v) is 8.29. The number of carbonyl (C=O) groups excluding carboxylic acids is 1. The van der Waals surface area contributed by atoms with E-state index in [1.165, 1.54) is 0 Å². The van der Waals surface area contributed by atoms with Crippen LogP contribution >= 0.6 is 0 Å². The van der Waals surface area contributed by atoms with Crippen molar-refractivity contribution in [2.24, 2.45) is 5.41 Å². The van der Waals surface area contributed by atoms with E-state index in [9.17, 15) is 4.79 Å². The lowest BCUT2D eigenvalue weighted by molar-refractivity contribution is -0.146. The maximum atomic E-state index is 13.2. The normalized spacial score (nSPS) is 33.0. The molecule has 0 spiro atoms. The summed E-state index contributed by atoms with van der Waals surface area (Å²) in [6, 6.07) is 0.339.